The number of unbranched alkanes of at least 4 members (excludes halogenated alkanes) is 40. The third-order valence-electron chi connectivity index (χ3n) is 14.6. The average molecular weight is 962 g/mol. The molecule has 0 aromatic carbocycles. The van der Waals surface area contributed by atoms with Crippen molar-refractivity contribution >= 4 is 17.9 Å². The number of hydrogen-bond acceptors (Lipinski definition) is 6. The topological polar surface area (TPSA) is 78.9 Å². The van der Waals surface area contributed by atoms with Gasteiger partial charge in [-0.25, -0.2) is 0 Å². The van der Waals surface area contributed by atoms with Crippen LogP contribution in [0.5, 0.6) is 0 Å². The van der Waals surface area contributed by atoms with Gasteiger partial charge in [-0.15, -0.1) is 0 Å². The Morgan fingerprint density at radius 1 is 0.309 bits per heavy atom. The molecule has 2 atom stereocenters. The van der Waals surface area contributed by atoms with Crippen LogP contribution in [-0.4, -0.2) is 37.2 Å². The molecule has 0 saturated heterocycles. The molecular formula is C62H120O6. The fourth-order valence-electron chi connectivity index (χ4n) is 9.55. The van der Waals surface area contributed by atoms with Crippen LogP contribution in [0.25, 0.3) is 0 Å². The van der Waals surface area contributed by atoms with Gasteiger partial charge in [0.15, 0.2) is 6.10 Å². The summed E-state index contributed by atoms with van der Waals surface area (Å²) in [5.74, 6) is 0.852. The van der Waals surface area contributed by atoms with Crippen molar-refractivity contribution in [3.05, 3.63) is 0 Å². The van der Waals surface area contributed by atoms with E-state index in [0.717, 1.165) is 69.6 Å². The molecule has 0 N–H and O–H groups in total. The summed E-state index contributed by atoms with van der Waals surface area (Å²) >= 11 is 0. The Labute approximate surface area is 425 Å². The van der Waals surface area contributed by atoms with Gasteiger partial charge in [0.25, 0.3) is 0 Å². The number of carbonyl (C=O) groups excluding carboxylic acids is 3. The number of ether oxygens (including phenoxy) is 3. The number of hydrogen-bond donors (Lipinski definition) is 0. The molecule has 0 heterocycles. The molecule has 0 fully saturated rings. The third-order valence-corrected chi connectivity index (χ3v) is 14.6. The van der Waals surface area contributed by atoms with E-state index >= 15 is 0 Å². The normalized spacial score (nSPS) is 12.4. The van der Waals surface area contributed by atoms with Crippen LogP contribution >= 0.6 is 0 Å². The molecule has 0 spiro atoms. The molecule has 0 aliphatic rings. The van der Waals surface area contributed by atoms with E-state index in [4.69, 9.17) is 14.2 Å². The molecule has 0 saturated carbocycles. The summed E-state index contributed by atoms with van der Waals surface area (Å²) in [6, 6.07) is 0. The van der Waals surface area contributed by atoms with Crippen LogP contribution in [0, 0.1) is 11.8 Å². The molecule has 6 heteroatoms. The fraction of sp³-hybridized carbons (Fsp3) is 0.952. The van der Waals surface area contributed by atoms with Gasteiger partial charge in [0, 0.05) is 19.3 Å². The minimum atomic E-state index is -0.763. The van der Waals surface area contributed by atoms with E-state index in [0.29, 0.717) is 19.3 Å². The maximum atomic E-state index is 12.9. The lowest BCUT2D eigenvalue weighted by atomic mass is 9.99. The molecular weight excluding hydrogens is 841 g/mol. The first kappa shape index (κ1) is 66.4. The minimum absolute atomic E-state index is 0.0630. The number of esters is 3. The van der Waals surface area contributed by atoms with Gasteiger partial charge in [0.2, 0.25) is 0 Å². The second-order valence-corrected chi connectivity index (χ2v) is 22.1. The summed E-state index contributed by atoms with van der Waals surface area (Å²) in [5.41, 5.74) is 0. The highest BCUT2D eigenvalue weighted by molar-refractivity contribution is 5.71. The van der Waals surface area contributed by atoms with E-state index in [9.17, 15) is 14.4 Å². The Kier molecular flexibility index (Phi) is 53.5. The van der Waals surface area contributed by atoms with Gasteiger partial charge in [-0.1, -0.05) is 311 Å². The smallest absolute Gasteiger partial charge is 0.306 e. The van der Waals surface area contributed by atoms with Crippen molar-refractivity contribution < 1.29 is 28.6 Å². The standard InChI is InChI=1S/C62H120O6/c1-6-8-9-10-11-12-13-14-15-16-20-24-27-30-33-38-44-49-54-62(65)68-59(56-67-61(64)53-48-43-39-34-35-40-45-50-57(3)4)55-66-60(63)52-47-42-37-32-29-26-23-21-18-17-19-22-25-28-31-36-41-46-51-58(5)7-2/h57-59H,6-56H2,1-5H3/t58?,59-/m0/s1. The number of rotatable bonds is 56. The van der Waals surface area contributed by atoms with Crippen molar-refractivity contribution in [2.24, 2.45) is 11.8 Å². The highest BCUT2D eigenvalue weighted by Gasteiger charge is 2.19. The largest absolute Gasteiger partial charge is 0.462 e. The van der Waals surface area contributed by atoms with Crippen molar-refractivity contribution in [1.82, 2.24) is 0 Å². The maximum Gasteiger partial charge on any atom is 0.306 e. The molecule has 0 radical (unpaired) electrons. The zero-order valence-corrected chi connectivity index (χ0v) is 46.7. The van der Waals surface area contributed by atoms with Crippen LogP contribution in [-0.2, 0) is 28.6 Å². The summed E-state index contributed by atoms with van der Waals surface area (Å²) < 4.78 is 16.9. The lowest BCUT2D eigenvalue weighted by Crippen LogP contribution is -2.30. The Balaban J connectivity index is 4.19. The molecule has 6 nitrogen and oxygen atoms in total. The molecule has 0 aliphatic carbocycles. The first-order valence-electron chi connectivity index (χ1n) is 30.8. The average Bonchev–Trinajstić information content (AvgIpc) is 3.32. The highest BCUT2D eigenvalue weighted by Crippen LogP contribution is 2.19. The SMILES string of the molecule is CCCCCCCCCCCCCCCCCCCCC(=O)O[C@@H](COC(=O)CCCCCCCCCCCCCCCCCCCCC(C)CC)COC(=O)CCCCCCCCCC(C)C. The van der Waals surface area contributed by atoms with Crippen LogP contribution in [0.3, 0.4) is 0 Å². The molecule has 404 valence electrons. The van der Waals surface area contributed by atoms with Crippen molar-refractivity contribution in [2.45, 2.75) is 355 Å². The van der Waals surface area contributed by atoms with Gasteiger partial charge in [-0.2, -0.15) is 0 Å². The molecule has 0 bridgehead atoms. The summed E-state index contributed by atoms with van der Waals surface area (Å²) in [6.45, 7) is 11.4. The van der Waals surface area contributed by atoms with Crippen LogP contribution in [0.4, 0.5) is 0 Å². The van der Waals surface area contributed by atoms with Gasteiger partial charge in [-0.05, 0) is 31.1 Å². The van der Waals surface area contributed by atoms with E-state index < -0.39 is 6.10 Å². The number of carbonyl (C=O) groups is 3. The summed E-state index contributed by atoms with van der Waals surface area (Å²) in [7, 11) is 0. The highest BCUT2D eigenvalue weighted by atomic mass is 16.6. The molecule has 0 aromatic rings. The fourth-order valence-corrected chi connectivity index (χ4v) is 9.55. The van der Waals surface area contributed by atoms with Gasteiger partial charge in [-0.3, -0.25) is 14.4 Å². The van der Waals surface area contributed by atoms with E-state index in [1.165, 1.54) is 238 Å². The molecule has 0 amide bonds. The predicted molar refractivity (Wildman–Crippen MR) is 293 cm³/mol. The van der Waals surface area contributed by atoms with Gasteiger partial charge >= 0.3 is 17.9 Å². The van der Waals surface area contributed by atoms with Crippen LogP contribution in [0.2, 0.25) is 0 Å². The van der Waals surface area contributed by atoms with E-state index in [1.54, 1.807) is 0 Å². The van der Waals surface area contributed by atoms with E-state index in [-0.39, 0.29) is 31.1 Å². The van der Waals surface area contributed by atoms with Crippen molar-refractivity contribution in [3.63, 3.8) is 0 Å². The quantitative estimate of drug-likeness (QED) is 0.0343. The van der Waals surface area contributed by atoms with Crippen LogP contribution < -0.4 is 0 Å². The minimum Gasteiger partial charge on any atom is -0.462 e. The third kappa shape index (κ3) is 53.8. The lowest BCUT2D eigenvalue weighted by Gasteiger charge is -2.18. The zero-order valence-electron chi connectivity index (χ0n) is 46.7. The summed E-state index contributed by atoms with van der Waals surface area (Å²) in [6.07, 6.45) is 59.7. The van der Waals surface area contributed by atoms with E-state index in [2.05, 4.69) is 34.6 Å². The van der Waals surface area contributed by atoms with E-state index in [1.807, 2.05) is 0 Å². The van der Waals surface area contributed by atoms with Crippen molar-refractivity contribution in [3.8, 4) is 0 Å². The van der Waals surface area contributed by atoms with Gasteiger partial charge < -0.3 is 14.2 Å². The maximum absolute atomic E-state index is 12.9. The molecule has 0 aliphatic heterocycles. The van der Waals surface area contributed by atoms with Crippen molar-refractivity contribution in [1.29, 1.82) is 0 Å². The molecule has 68 heavy (non-hydrogen) atoms. The molecule has 0 rings (SSSR count). The Hall–Kier alpha value is -1.59. The lowest BCUT2D eigenvalue weighted by molar-refractivity contribution is -0.167. The van der Waals surface area contributed by atoms with Crippen LogP contribution in [0.1, 0.15) is 349 Å². The first-order valence-corrected chi connectivity index (χ1v) is 30.8. The molecule has 0 aromatic heterocycles. The van der Waals surface area contributed by atoms with Crippen molar-refractivity contribution in [2.75, 3.05) is 13.2 Å². The first-order chi connectivity index (χ1) is 33.3. The summed E-state index contributed by atoms with van der Waals surface area (Å²) in [4.78, 5) is 38.1. The predicted octanol–water partition coefficient (Wildman–Crippen LogP) is 20.4. The zero-order chi connectivity index (χ0) is 49.6. The second-order valence-electron chi connectivity index (χ2n) is 22.1. The summed E-state index contributed by atoms with van der Waals surface area (Å²) in [5, 5.41) is 0. The van der Waals surface area contributed by atoms with Crippen LogP contribution in [0.15, 0.2) is 0 Å². The monoisotopic (exact) mass is 961 g/mol. The van der Waals surface area contributed by atoms with Gasteiger partial charge in [0.1, 0.15) is 13.2 Å². The Bertz CT molecular complexity index is 1040. The Morgan fingerprint density at radius 2 is 0.559 bits per heavy atom. The second kappa shape index (κ2) is 54.7. The Morgan fingerprint density at radius 3 is 0.838 bits per heavy atom. The molecule has 1 unspecified atom stereocenters. The van der Waals surface area contributed by atoms with Gasteiger partial charge in [0.05, 0.1) is 0 Å².